The maximum atomic E-state index is 14.8. The van der Waals surface area contributed by atoms with Crippen LogP contribution in [0.4, 0.5) is 15.8 Å². The van der Waals surface area contributed by atoms with E-state index in [2.05, 4.69) is 5.32 Å². The first-order chi connectivity index (χ1) is 14.0. The van der Waals surface area contributed by atoms with Crippen molar-refractivity contribution in [1.82, 2.24) is 0 Å². The standard InChI is InChI=1S/C23H26FN2O2P/c1-4-28-29(27,20-16-14-19(15-17-20)26(2)3)23(21-12-8-9-13-22(21)24)25-18-10-6-5-7-11-18/h5-17,23,25H,4H2,1-3H3/t23-,29+/m1/s1. The van der Waals surface area contributed by atoms with Crippen LogP contribution in [0, 0.1) is 5.82 Å². The summed E-state index contributed by atoms with van der Waals surface area (Å²) in [5, 5.41) is 3.80. The number of nitrogens with one attached hydrogen (secondary N) is 1. The molecular weight excluding hydrogens is 386 g/mol. The number of halogens is 1. The molecule has 0 spiro atoms. The van der Waals surface area contributed by atoms with E-state index in [1.807, 2.05) is 61.5 Å². The van der Waals surface area contributed by atoms with Gasteiger partial charge in [-0.25, -0.2) is 4.39 Å². The van der Waals surface area contributed by atoms with Gasteiger partial charge in [0.2, 0.25) is 0 Å². The molecule has 3 aromatic rings. The maximum absolute atomic E-state index is 14.8. The Morgan fingerprint density at radius 1 is 0.966 bits per heavy atom. The molecule has 29 heavy (non-hydrogen) atoms. The topological polar surface area (TPSA) is 41.6 Å². The first kappa shape index (κ1) is 21.1. The lowest BCUT2D eigenvalue weighted by molar-refractivity contribution is 0.335. The normalized spacial score (nSPS) is 14.1. The van der Waals surface area contributed by atoms with Gasteiger partial charge in [0.15, 0.2) is 0 Å². The predicted molar refractivity (Wildman–Crippen MR) is 119 cm³/mol. The van der Waals surface area contributed by atoms with Crippen LogP contribution in [0.1, 0.15) is 18.3 Å². The van der Waals surface area contributed by atoms with Gasteiger partial charge in [-0.1, -0.05) is 36.4 Å². The Balaban J connectivity index is 2.13. The second-order valence-corrected chi connectivity index (χ2v) is 9.35. The number of hydrogen-bond acceptors (Lipinski definition) is 4. The molecule has 0 heterocycles. The molecule has 0 saturated carbocycles. The fourth-order valence-corrected chi connectivity index (χ4v) is 5.62. The van der Waals surface area contributed by atoms with Crippen LogP contribution in [0.5, 0.6) is 0 Å². The van der Waals surface area contributed by atoms with Gasteiger partial charge in [-0.3, -0.25) is 4.57 Å². The predicted octanol–water partition coefficient (Wildman–Crippen LogP) is 5.64. The molecule has 0 fully saturated rings. The highest BCUT2D eigenvalue weighted by Gasteiger charge is 2.39. The number of para-hydroxylation sites is 1. The van der Waals surface area contributed by atoms with E-state index in [0.29, 0.717) is 10.9 Å². The second kappa shape index (κ2) is 9.25. The monoisotopic (exact) mass is 412 g/mol. The third kappa shape index (κ3) is 4.69. The molecule has 0 radical (unpaired) electrons. The summed E-state index contributed by atoms with van der Waals surface area (Å²) in [7, 11) is 0.366. The summed E-state index contributed by atoms with van der Waals surface area (Å²) in [6.07, 6.45) is 0. The van der Waals surface area contributed by atoms with Crippen LogP contribution in [0.3, 0.4) is 0 Å². The third-order valence-corrected chi connectivity index (χ3v) is 7.41. The lowest BCUT2D eigenvalue weighted by atomic mass is 10.2. The van der Waals surface area contributed by atoms with Crippen LogP contribution in [0.2, 0.25) is 0 Å². The van der Waals surface area contributed by atoms with E-state index in [-0.39, 0.29) is 6.61 Å². The summed E-state index contributed by atoms with van der Waals surface area (Å²) >= 11 is 0. The van der Waals surface area contributed by atoms with Gasteiger partial charge < -0.3 is 14.7 Å². The zero-order chi connectivity index (χ0) is 20.9. The fraction of sp³-hybridized carbons (Fsp3) is 0.217. The number of benzene rings is 3. The lowest BCUT2D eigenvalue weighted by Gasteiger charge is -2.30. The Bertz CT molecular complexity index is 978. The molecule has 0 aliphatic carbocycles. The van der Waals surface area contributed by atoms with Crippen LogP contribution in [0.25, 0.3) is 0 Å². The molecule has 0 saturated heterocycles. The van der Waals surface area contributed by atoms with Gasteiger partial charge in [-0.05, 0) is 49.4 Å². The zero-order valence-corrected chi connectivity index (χ0v) is 17.8. The van der Waals surface area contributed by atoms with Crippen LogP contribution >= 0.6 is 7.37 Å². The van der Waals surface area contributed by atoms with E-state index in [1.165, 1.54) is 6.07 Å². The van der Waals surface area contributed by atoms with Gasteiger partial charge >= 0.3 is 0 Å². The Labute approximate surface area is 171 Å². The van der Waals surface area contributed by atoms with Crippen molar-refractivity contribution in [2.24, 2.45) is 0 Å². The molecular formula is C23H26FN2O2P. The third-order valence-electron chi connectivity index (χ3n) is 4.66. The minimum absolute atomic E-state index is 0.244. The number of rotatable bonds is 8. The molecule has 2 atom stereocenters. The van der Waals surface area contributed by atoms with Crippen molar-refractivity contribution >= 4 is 24.0 Å². The van der Waals surface area contributed by atoms with Crippen LogP contribution in [-0.2, 0) is 9.09 Å². The largest absolute Gasteiger partial charge is 0.378 e. The summed E-state index contributed by atoms with van der Waals surface area (Å²) in [4.78, 5) is 1.96. The van der Waals surface area contributed by atoms with Gasteiger partial charge in [0.1, 0.15) is 11.6 Å². The van der Waals surface area contributed by atoms with Crippen LogP contribution < -0.4 is 15.5 Å². The van der Waals surface area contributed by atoms with E-state index >= 15 is 0 Å². The van der Waals surface area contributed by atoms with E-state index in [0.717, 1.165) is 11.4 Å². The van der Waals surface area contributed by atoms with Crippen molar-refractivity contribution < 1.29 is 13.5 Å². The Morgan fingerprint density at radius 2 is 1.59 bits per heavy atom. The summed E-state index contributed by atoms with van der Waals surface area (Å²) in [6.45, 7) is 2.04. The quantitative estimate of drug-likeness (QED) is 0.486. The highest BCUT2D eigenvalue weighted by Crippen LogP contribution is 2.59. The smallest absolute Gasteiger partial charge is 0.258 e. The summed E-state index contributed by atoms with van der Waals surface area (Å²) in [5.74, 6) is -1.29. The first-order valence-electron chi connectivity index (χ1n) is 9.54. The van der Waals surface area contributed by atoms with Gasteiger partial charge in [-0.2, -0.15) is 0 Å². The Hall–Kier alpha value is -2.62. The van der Waals surface area contributed by atoms with Crippen molar-refractivity contribution in [3.8, 4) is 0 Å². The molecule has 0 aromatic heterocycles. The maximum Gasteiger partial charge on any atom is 0.258 e. The molecule has 3 rings (SSSR count). The van der Waals surface area contributed by atoms with Crippen molar-refractivity contribution in [3.63, 3.8) is 0 Å². The SMILES string of the molecule is CCO[P@@](=O)(c1ccc(N(C)C)cc1)[C@@H](Nc1ccccc1)c1ccccc1F. The molecule has 152 valence electrons. The summed E-state index contributed by atoms with van der Waals surface area (Å²) in [6, 6.07) is 23.1. The van der Waals surface area contributed by atoms with E-state index in [9.17, 15) is 8.96 Å². The van der Waals surface area contributed by atoms with E-state index in [4.69, 9.17) is 4.52 Å². The van der Waals surface area contributed by atoms with Gasteiger partial charge in [0, 0.05) is 36.3 Å². The number of anilines is 2. The minimum atomic E-state index is -3.52. The molecule has 3 aromatic carbocycles. The first-order valence-corrected chi connectivity index (χ1v) is 11.2. The van der Waals surface area contributed by atoms with Crippen LogP contribution in [-0.4, -0.2) is 20.7 Å². The van der Waals surface area contributed by atoms with Gasteiger partial charge in [0.25, 0.3) is 7.37 Å². The molecule has 0 bridgehead atoms. The molecule has 1 N–H and O–H groups in total. The average molecular weight is 412 g/mol. The second-order valence-electron chi connectivity index (χ2n) is 6.86. The van der Waals surface area contributed by atoms with Crippen molar-refractivity contribution in [2.45, 2.75) is 12.7 Å². The molecule has 6 heteroatoms. The van der Waals surface area contributed by atoms with E-state index < -0.39 is 19.0 Å². The zero-order valence-electron chi connectivity index (χ0n) is 16.9. The molecule has 0 amide bonds. The highest BCUT2D eigenvalue weighted by molar-refractivity contribution is 7.67. The Kier molecular flexibility index (Phi) is 6.73. The minimum Gasteiger partial charge on any atom is -0.378 e. The lowest BCUT2D eigenvalue weighted by Crippen LogP contribution is -2.22. The highest BCUT2D eigenvalue weighted by atomic mass is 31.2. The van der Waals surface area contributed by atoms with Gasteiger partial charge in [-0.15, -0.1) is 0 Å². The van der Waals surface area contributed by atoms with Crippen molar-refractivity contribution in [3.05, 3.63) is 90.2 Å². The molecule has 4 nitrogen and oxygen atoms in total. The van der Waals surface area contributed by atoms with Crippen molar-refractivity contribution in [1.29, 1.82) is 0 Å². The average Bonchev–Trinajstić information content (AvgIpc) is 2.73. The van der Waals surface area contributed by atoms with E-state index in [1.54, 1.807) is 37.3 Å². The summed E-state index contributed by atoms with van der Waals surface area (Å²) < 4.78 is 34.9. The fourth-order valence-electron chi connectivity index (χ4n) is 3.18. The summed E-state index contributed by atoms with van der Waals surface area (Å²) in [5.41, 5.74) is 2.03. The number of hydrogen-bond donors (Lipinski definition) is 1. The van der Waals surface area contributed by atoms with Crippen LogP contribution in [0.15, 0.2) is 78.9 Å². The Morgan fingerprint density at radius 3 is 2.17 bits per heavy atom. The molecule has 0 unspecified atom stereocenters. The van der Waals surface area contributed by atoms with Gasteiger partial charge in [0.05, 0.1) is 6.61 Å². The number of nitrogens with zero attached hydrogens (tertiary/aromatic N) is 1. The van der Waals surface area contributed by atoms with Crippen molar-refractivity contribution in [2.75, 3.05) is 30.9 Å². The molecule has 0 aliphatic rings. The molecule has 0 aliphatic heterocycles.